The van der Waals surface area contributed by atoms with Gasteiger partial charge in [0.05, 0.1) is 0 Å². The van der Waals surface area contributed by atoms with Crippen molar-refractivity contribution in [3.8, 4) is 0 Å². The van der Waals surface area contributed by atoms with E-state index in [1.165, 1.54) is 19.3 Å². The molecule has 1 nitrogen and oxygen atoms in total. The number of hydrogen-bond donors (Lipinski definition) is 0. The fourth-order valence-corrected chi connectivity index (χ4v) is 6.71. The van der Waals surface area contributed by atoms with Crippen LogP contribution in [0.3, 0.4) is 0 Å². The Morgan fingerprint density at radius 1 is 0.944 bits per heavy atom. The number of nitrogens with zero attached hydrogens (tertiary/aromatic N) is 1. The first-order valence-corrected chi connectivity index (χ1v) is 8.48. The molecular weight excluding hydrogens is 218 g/mol. The molecule has 2 atom stereocenters. The third-order valence-corrected chi connectivity index (χ3v) is 6.81. The second-order valence-corrected chi connectivity index (χ2v) is 8.04. The Balaban J connectivity index is 1.66. The maximum atomic E-state index is 3.04. The molecule has 0 spiro atoms. The molecule has 1 saturated heterocycles. The molecule has 1 aliphatic heterocycles. The van der Waals surface area contributed by atoms with Crippen molar-refractivity contribution in [1.29, 1.82) is 0 Å². The van der Waals surface area contributed by atoms with Gasteiger partial charge in [-0.3, -0.25) is 4.90 Å². The van der Waals surface area contributed by atoms with Gasteiger partial charge in [0.15, 0.2) is 0 Å². The zero-order valence-electron chi connectivity index (χ0n) is 12.2. The minimum atomic E-state index is 0.658. The van der Waals surface area contributed by atoms with Crippen molar-refractivity contribution in [3.63, 3.8) is 0 Å². The molecule has 0 N–H and O–H groups in total. The van der Waals surface area contributed by atoms with Crippen LogP contribution in [0.15, 0.2) is 0 Å². The predicted molar refractivity (Wildman–Crippen MR) is 75.5 cm³/mol. The van der Waals surface area contributed by atoms with Gasteiger partial charge in [-0.25, -0.2) is 0 Å². The molecule has 5 aliphatic rings. The molecule has 4 bridgehead atoms. The summed E-state index contributed by atoms with van der Waals surface area (Å²) in [6.07, 6.45) is 13.7. The molecule has 1 heterocycles. The second-order valence-electron chi connectivity index (χ2n) is 8.04. The lowest BCUT2D eigenvalue weighted by Crippen LogP contribution is -2.62. The Labute approximate surface area is 112 Å². The summed E-state index contributed by atoms with van der Waals surface area (Å²) in [4.78, 5) is 3.04. The molecule has 0 amide bonds. The van der Waals surface area contributed by atoms with Crippen LogP contribution in [0.4, 0.5) is 0 Å². The van der Waals surface area contributed by atoms with Gasteiger partial charge < -0.3 is 0 Å². The van der Waals surface area contributed by atoms with E-state index in [1.54, 1.807) is 38.5 Å². The van der Waals surface area contributed by atoms with Crippen LogP contribution < -0.4 is 0 Å². The van der Waals surface area contributed by atoms with E-state index in [-0.39, 0.29) is 0 Å². The van der Waals surface area contributed by atoms with E-state index in [9.17, 15) is 0 Å². The molecule has 5 fully saturated rings. The van der Waals surface area contributed by atoms with Gasteiger partial charge in [-0.15, -0.1) is 0 Å². The highest BCUT2D eigenvalue weighted by Crippen LogP contribution is 2.59. The zero-order chi connectivity index (χ0) is 12.3. The summed E-state index contributed by atoms with van der Waals surface area (Å²) in [7, 11) is 0. The average molecular weight is 247 g/mol. The van der Waals surface area contributed by atoms with Gasteiger partial charge in [0.2, 0.25) is 0 Å². The molecule has 5 rings (SSSR count). The summed E-state index contributed by atoms with van der Waals surface area (Å²) in [5.74, 6) is 3.30. The highest BCUT2D eigenvalue weighted by atomic mass is 15.3. The van der Waals surface area contributed by atoms with E-state index >= 15 is 0 Å². The number of likely N-dealkylation sites (tertiary alicyclic amines) is 1. The Morgan fingerprint density at radius 3 is 2.00 bits per heavy atom. The first-order valence-electron chi connectivity index (χ1n) is 8.48. The van der Waals surface area contributed by atoms with E-state index in [0.29, 0.717) is 5.54 Å². The van der Waals surface area contributed by atoms with Crippen molar-refractivity contribution in [2.45, 2.75) is 89.3 Å². The van der Waals surface area contributed by atoms with Crippen LogP contribution in [0.5, 0.6) is 0 Å². The molecule has 0 radical (unpaired) electrons. The van der Waals surface area contributed by atoms with Crippen LogP contribution in [-0.4, -0.2) is 22.5 Å². The lowest BCUT2D eigenvalue weighted by molar-refractivity contribution is -0.106. The molecule has 0 unspecified atom stereocenters. The smallest absolute Gasteiger partial charge is 0.0223 e. The zero-order valence-corrected chi connectivity index (χ0v) is 12.2. The summed E-state index contributed by atoms with van der Waals surface area (Å²) in [5.41, 5.74) is 0.658. The molecule has 0 aromatic heterocycles. The first kappa shape index (κ1) is 11.8. The summed E-state index contributed by atoms with van der Waals surface area (Å²) in [5, 5.41) is 0. The highest BCUT2D eigenvalue weighted by Gasteiger charge is 2.56. The average Bonchev–Trinajstić information content (AvgIpc) is 2.69. The lowest BCUT2D eigenvalue weighted by Gasteiger charge is -2.62. The monoisotopic (exact) mass is 247 g/mol. The fourth-order valence-electron chi connectivity index (χ4n) is 6.71. The Kier molecular flexibility index (Phi) is 2.60. The van der Waals surface area contributed by atoms with Crippen molar-refractivity contribution in [2.24, 2.45) is 17.8 Å². The predicted octanol–water partition coefficient (Wildman–Crippen LogP) is 4.22. The van der Waals surface area contributed by atoms with Crippen molar-refractivity contribution >= 4 is 0 Å². The van der Waals surface area contributed by atoms with Gasteiger partial charge in [0, 0.05) is 17.6 Å². The van der Waals surface area contributed by atoms with Crippen LogP contribution in [-0.2, 0) is 0 Å². The summed E-state index contributed by atoms with van der Waals surface area (Å²) < 4.78 is 0. The van der Waals surface area contributed by atoms with Crippen LogP contribution in [0.25, 0.3) is 0 Å². The maximum Gasteiger partial charge on any atom is 0.0223 e. The van der Waals surface area contributed by atoms with E-state index < -0.39 is 0 Å². The van der Waals surface area contributed by atoms with Crippen LogP contribution in [0.2, 0.25) is 0 Å². The number of hydrogen-bond acceptors (Lipinski definition) is 1. The molecule has 18 heavy (non-hydrogen) atoms. The second kappa shape index (κ2) is 3.98. The van der Waals surface area contributed by atoms with E-state index in [2.05, 4.69) is 18.7 Å². The Morgan fingerprint density at radius 2 is 1.50 bits per heavy atom. The van der Waals surface area contributed by atoms with Gasteiger partial charge in [-0.05, 0) is 82.5 Å². The number of rotatable bonds is 2. The molecule has 4 saturated carbocycles. The first-order chi connectivity index (χ1) is 8.70. The Hall–Kier alpha value is -0.0400. The normalized spacial score (nSPS) is 55.3. The summed E-state index contributed by atoms with van der Waals surface area (Å²) >= 11 is 0. The topological polar surface area (TPSA) is 3.24 Å². The summed E-state index contributed by atoms with van der Waals surface area (Å²) in [6, 6.07) is 1.78. The van der Waals surface area contributed by atoms with Crippen LogP contribution in [0, 0.1) is 17.8 Å². The molecule has 1 heteroatoms. The minimum absolute atomic E-state index is 0.658. The van der Waals surface area contributed by atoms with Crippen molar-refractivity contribution in [2.75, 3.05) is 0 Å². The van der Waals surface area contributed by atoms with Crippen molar-refractivity contribution in [1.82, 2.24) is 4.90 Å². The molecule has 0 aromatic rings. The van der Waals surface area contributed by atoms with Gasteiger partial charge in [-0.2, -0.15) is 0 Å². The fraction of sp³-hybridized carbons (Fsp3) is 1.00. The molecule has 4 aliphatic carbocycles. The minimum Gasteiger partial charge on any atom is -0.292 e. The third-order valence-electron chi connectivity index (χ3n) is 6.81. The van der Waals surface area contributed by atoms with E-state index in [4.69, 9.17) is 0 Å². The summed E-state index contributed by atoms with van der Waals surface area (Å²) in [6.45, 7) is 4.92. The van der Waals surface area contributed by atoms with Crippen molar-refractivity contribution < 1.29 is 0 Å². The van der Waals surface area contributed by atoms with Crippen molar-refractivity contribution in [3.05, 3.63) is 0 Å². The van der Waals surface area contributed by atoms with Gasteiger partial charge in [0.1, 0.15) is 0 Å². The van der Waals surface area contributed by atoms with Crippen LogP contribution >= 0.6 is 0 Å². The largest absolute Gasteiger partial charge is 0.292 e. The van der Waals surface area contributed by atoms with E-state index in [1.807, 2.05) is 0 Å². The maximum absolute atomic E-state index is 3.04. The molecule has 0 aromatic carbocycles. The third kappa shape index (κ3) is 1.55. The molecule has 102 valence electrons. The van der Waals surface area contributed by atoms with Gasteiger partial charge >= 0.3 is 0 Å². The molecular formula is C17H29N. The highest BCUT2D eigenvalue weighted by molar-refractivity contribution is 5.10. The lowest BCUT2D eigenvalue weighted by atomic mass is 9.52. The van der Waals surface area contributed by atoms with Gasteiger partial charge in [-0.1, -0.05) is 6.92 Å². The Bertz CT molecular complexity index is 299. The van der Waals surface area contributed by atoms with E-state index in [0.717, 1.165) is 29.8 Å². The quantitative estimate of drug-likeness (QED) is 0.706. The van der Waals surface area contributed by atoms with Crippen LogP contribution in [0.1, 0.15) is 71.6 Å². The SMILES string of the molecule is CC[C@@H]1CC[C@H](C)N1C12CC3CC(CC(C3)C1)C2. The standard InChI is InChI=1S/C17H29N/c1-3-16-5-4-12(2)18(16)17-9-13-6-14(10-17)8-15(7-13)11-17/h12-16H,3-11H2,1-2H3/t12-,13?,14?,15?,16+,17?/m0/s1. The van der Waals surface area contributed by atoms with Gasteiger partial charge in [0.25, 0.3) is 0 Å².